The van der Waals surface area contributed by atoms with Crippen molar-refractivity contribution in [1.82, 2.24) is 15.1 Å². The van der Waals surface area contributed by atoms with E-state index in [0.717, 1.165) is 21.4 Å². The molecule has 1 atom stereocenters. The average molecular weight is 561 g/mol. The van der Waals surface area contributed by atoms with Gasteiger partial charge in [0.25, 0.3) is 5.91 Å². The lowest BCUT2D eigenvalue weighted by Crippen LogP contribution is -2.36. The number of amides is 2. The number of rotatable bonds is 7. The molecule has 0 aliphatic carbocycles. The van der Waals surface area contributed by atoms with Crippen molar-refractivity contribution >= 4 is 51.2 Å². The van der Waals surface area contributed by atoms with Crippen molar-refractivity contribution in [3.05, 3.63) is 86.7 Å². The van der Waals surface area contributed by atoms with Crippen LogP contribution in [0.2, 0.25) is 5.02 Å². The van der Waals surface area contributed by atoms with E-state index in [4.69, 9.17) is 11.6 Å². The molecule has 2 amide bonds. The van der Waals surface area contributed by atoms with E-state index >= 15 is 0 Å². The first-order valence-corrected chi connectivity index (χ1v) is 13.2. The number of thiophene rings is 1. The third-order valence-electron chi connectivity index (χ3n) is 5.91. The minimum Gasteiger partial charge on any atom is -0.345 e. The van der Waals surface area contributed by atoms with Crippen LogP contribution in [0, 0.1) is 17.0 Å². The van der Waals surface area contributed by atoms with Gasteiger partial charge in [-0.05, 0) is 47.5 Å². The van der Waals surface area contributed by atoms with Crippen molar-refractivity contribution in [3.63, 3.8) is 0 Å². The Morgan fingerprint density at radius 2 is 1.76 bits per heavy atom. The summed E-state index contributed by atoms with van der Waals surface area (Å²) >= 11 is 8.96. The summed E-state index contributed by atoms with van der Waals surface area (Å²) in [5.74, 6) is -2.73. The van der Waals surface area contributed by atoms with E-state index in [1.807, 2.05) is 12.1 Å². The fraction of sp³-hybridized carbons (Fsp3) is 0.231. The summed E-state index contributed by atoms with van der Waals surface area (Å²) in [6.07, 6.45) is 0. The fourth-order valence-electron chi connectivity index (χ4n) is 4.04. The van der Waals surface area contributed by atoms with Gasteiger partial charge in [-0.25, -0.2) is 8.78 Å². The smallest absolute Gasteiger partial charge is 0.254 e. The van der Waals surface area contributed by atoms with E-state index in [9.17, 15) is 18.4 Å². The summed E-state index contributed by atoms with van der Waals surface area (Å²) in [5, 5.41) is 11.0. The highest BCUT2D eigenvalue weighted by Crippen LogP contribution is 2.46. The van der Waals surface area contributed by atoms with Gasteiger partial charge in [-0.1, -0.05) is 42.9 Å². The first-order chi connectivity index (χ1) is 17.5. The van der Waals surface area contributed by atoms with Gasteiger partial charge in [-0.3, -0.25) is 9.59 Å². The van der Waals surface area contributed by atoms with Crippen LogP contribution in [0.15, 0.2) is 54.0 Å². The van der Waals surface area contributed by atoms with Gasteiger partial charge in [0.05, 0.1) is 16.0 Å². The lowest BCUT2D eigenvalue weighted by atomic mass is 9.73. The van der Waals surface area contributed by atoms with Crippen LogP contribution in [0.3, 0.4) is 0 Å². The van der Waals surface area contributed by atoms with Crippen LogP contribution in [-0.2, 0) is 4.79 Å². The van der Waals surface area contributed by atoms with Gasteiger partial charge in [-0.15, -0.1) is 21.5 Å². The van der Waals surface area contributed by atoms with Crippen molar-refractivity contribution in [2.45, 2.75) is 19.8 Å². The second-order valence-electron chi connectivity index (χ2n) is 9.15. The van der Waals surface area contributed by atoms with E-state index in [2.05, 4.69) is 15.5 Å². The van der Waals surface area contributed by atoms with Crippen molar-refractivity contribution < 1.29 is 18.4 Å². The summed E-state index contributed by atoms with van der Waals surface area (Å²) in [4.78, 5) is 28.7. The quantitative estimate of drug-likeness (QED) is 0.273. The van der Waals surface area contributed by atoms with Gasteiger partial charge < -0.3 is 10.2 Å². The van der Waals surface area contributed by atoms with Crippen molar-refractivity contribution in [3.8, 4) is 10.4 Å². The predicted octanol–water partition coefficient (Wildman–Crippen LogP) is 6.70. The normalized spacial score (nSPS) is 12.3. The molecule has 11 heteroatoms. The van der Waals surface area contributed by atoms with Crippen LogP contribution >= 0.6 is 34.3 Å². The first kappa shape index (κ1) is 26.8. The van der Waals surface area contributed by atoms with Crippen LogP contribution in [0.1, 0.15) is 40.6 Å². The number of halogens is 3. The van der Waals surface area contributed by atoms with E-state index in [1.165, 1.54) is 45.2 Å². The topological polar surface area (TPSA) is 75.2 Å². The molecule has 0 fully saturated rings. The Bertz CT molecular complexity index is 1430. The number of benzene rings is 2. The molecule has 2 aromatic carbocycles. The summed E-state index contributed by atoms with van der Waals surface area (Å²) in [7, 11) is 3.30. The van der Waals surface area contributed by atoms with E-state index < -0.39 is 23.0 Å². The molecule has 192 valence electrons. The van der Waals surface area contributed by atoms with Gasteiger partial charge in [0, 0.05) is 35.8 Å². The maximum Gasteiger partial charge on any atom is 0.254 e. The summed E-state index contributed by atoms with van der Waals surface area (Å²) in [6, 6.07) is 12.1. The molecule has 2 heterocycles. The first-order valence-electron chi connectivity index (χ1n) is 11.1. The number of carbonyl (C=O) groups excluding carboxylic acids is 2. The van der Waals surface area contributed by atoms with E-state index in [0.29, 0.717) is 21.3 Å². The molecule has 4 rings (SSSR count). The number of hydrogen-bond donors (Lipinski definition) is 1. The summed E-state index contributed by atoms with van der Waals surface area (Å²) in [5.41, 5.74) is 1.85. The molecule has 6 nitrogen and oxygen atoms in total. The molecule has 0 saturated carbocycles. The Hall–Kier alpha value is -3.21. The number of carbonyl (C=O) groups is 2. The van der Waals surface area contributed by atoms with Crippen molar-refractivity contribution in [1.29, 1.82) is 0 Å². The minimum absolute atomic E-state index is 0.209. The maximum atomic E-state index is 14.3. The molecule has 0 bridgehead atoms. The second-order valence-corrected chi connectivity index (χ2v) is 11.5. The Morgan fingerprint density at radius 3 is 2.35 bits per heavy atom. The Kier molecular flexibility index (Phi) is 7.72. The highest BCUT2D eigenvalue weighted by Gasteiger charge is 2.40. The molecule has 4 aromatic rings. The molecule has 0 radical (unpaired) electrons. The molecular weight excluding hydrogens is 538 g/mol. The molecule has 0 saturated heterocycles. The highest BCUT2D eigenvalue weighted by atomic mass is 35.5. The van der Waals surface area contributed by atoms with Crippen molar-refractivity contribution in [2.24, 2.45) is 5.41 Å². The largest absolute Gasteiger partial charge is 0.345 e. The molecule has 37 heavy (non-hydrogen) atoms. The number of nitrogens with one attached hydrogen (secondary N) is 1. The zero-order valence-corrected chi connectivity index (χ0v) is 22.8. The number of hydrogen-bond acceptors (Lipinski definition) is 6. The van der Waals surface area contributed by atoms with Crippen molar-refractivity contribution in [2.75, 3.05) is 19.4 Å². The molecule has 1 unspecified atom stereocenters. The fourth-order valence-corrected chi connectivity index (χ4v) is 6.06. The lowest BCUT2D eigenvalue weighted by Gasteiger charge is -2.32. The average Bonchev–Trinajstić information content (AvgIpc) is 3.50. The van der Waals surface area contributed by atoms with E-state index in [1.54, 1.807) is 46.1 Å². The molecule has 0 aliphatic rings. The van der Waals surface area contributed by atoms with Gasteiger partial charge in [0.1, 0.15) is 17.1 Å². The Balaban J connectivity index is 1.75. The number of aromatic nitrogens is 2. The third kappa shape index (κ3) is 5.71. The van der Waals surface area contributed by atoms with Gasteiger partial charge in [0.15, 0.2) is 0 Å². The molecule has 0 spiro atoms. The molecule has 1 N–H and O–H groups in total. The van der Waals surface area contributed by atoms with Gasteiger partial charge >= 0.3 is 0 Å². The van der Waals surface area contributed by atoms with Gasteiger partial charge in [0.2, 0.25) is 11.0 Å². The van der Waals surface area contributed by atoms with Crippen LogP contribution in [0.4, 0.5) is 13.9 Å². The highest BCUT2D eigenvalue weighted by molar-refractivity contribution is 7.15. The standard InChI is InChI=1S/C26H23ClF2N4O2S2/c1-26(2,24(35)31-25-32-30-13-36-25)22(15-9-16(28)12-17(29)10-15)21-8-7-20(37-21)14-5-6-18(19(27)11-14)23(34)33(3)4/h5-13,22H,1-4H3,(H,31,32,35). The Labute approximate surface area is 225 Å². The number of anilines is 1. The lowest BCUT2D eigenvalue weighted by molar-refractivity contribution is -0.124. The summed E-state index contributed by atoms with van der Waals surface area (Å²) < 4.78 is 28.5. The second kappa shape index (κ2) is 10.6. The summed E-state index contributed by atoms with van der Waals surface area (Å²) in [6.45, 7) is 3.43. The molecule has 2 aromatic heterocycles. The van der Waals surface area contributed by atoms with Crippen LogP contribution in [-0.4, -0.2) is 41.0 Å². The van der Waals surface area contributed by atoms with Gasteiger partial charge in [-0.2, -0.15) is 0 Å². The minimum atomic E-state index is -1.13. The monoisotopic (exact) mass is 560 g/mol. The maximum absolute atomic E-state index is 14.3. The zero-order valence-electron chi connectivity index (χ0n) is 20.4. The third-order valence-corrected chi connectivity index (χ3v) is 8.03. The van der Waals surface area contributed by atoms with E-state index in [-0.39, 0.29) is 11.8 Å². The van der Waals surface area contributed by atoms with Crippen LogP contribution in [0.25, 0.3) is 10.4 Å². The zero-order chi connectivity index (χ0) is 26.9. The molecule has 0 aliphatic heterocycles. The van der Waals surface area contributed by atoms with Crippen LogP contribution in [0.5, 0.6) is 0 Å². The predicted molar refractivity (Wildman–Crippen MR) is 143 cm³/mol. The Morgan fingerprint density at radius 1 is 1.05 bits per heavy atom. The number of nitrogens with zero attached hydrogens (tertiary/aromatic N) is 3. The molecular formula is C26H23ClF2N4O2S2. The SMILES string of the molecule is CN(C)C(=O)c1ccc(-c2ccc(C(c3cc(F)cc(F)c3)C(C)(C)C(=O)Nc3nncs3)s2)cc1Cl. The van der Waals surface area contributed by atoms with Crippen LogP contribution < -0.4 is 5.32 Å².